The summed E-state index contributed by atoms with van der Waals surface area (Å²) in [6, 6.07) is 9.10. The van der Waals surface area contributed by atoms with Crippen LogP contribution < -0.4 is 10.5 Å². The van der Waals surface area contributed by atoms with Crippen molar-refractivity contribution in [3.63, 3.8) is 0 Å². The van der Waals surface area contributed by atoms with Crippen LogP contribution in [0.15, 0.2) is 36.4 Å². The first-order valence-electron chi connectivity index (χ1n) is 6.09. The Kier molecular flexibility index (Phi) is 4.86. The average Bonchev–Trinajstić information content (AvgIpc) is 2.40. The summed E-state index contributed by atoms with van der Waals surface area (Å²) in [6.45, 7) is 2.01. The molecule has 0 aromatic heterocycles. The van der Waals surface area contributed by atoms with Crippen LogP contribution in [-0.4, -0.2) is 0 Å². The monoisotopic (exact) mass is 313 g/mol. The van der Waals surface area contributed by atoms with Crippen molar-refractivity contribution in [1.29, 1.82) is 0 Å². The molecular formula is C15H14Cl2FNO. The normalized spacial score (nSPS) is 12.2. The van der Waals surface area contributed by atoms with E-state index in [4.69, 9.17) is 33.7 Å². The van der Waals surface area contributed by atoms with E-state index in [1.807, 2.05) is 0 Å². The molecule has 2 aromatic rings. The second-order valence-corrected chi connectivity index (χ2v) is 5.34. The van der Waals surface area contributed by atoms with Gasteiger partial charge < -0.3 is 10.5 Å². The van der Waals surface area contributed by atoms with Crippen molar-refractivity contribution in [1.82, 2.24) is 0 Å². The summed E-state index contributed by atoms with van der Waals surface area (Å²) in [5.41, 5.74) is 7.19. The Balaban J connectivity index is 2.20. The van der Waals surface area contributed by atoms with Crippen molar-refractivity contribution in [3.05, 3.63) is 63.4 Å². The van der Waals surface area contributed by atoms with Crippen LogP contribution in [0.1, 0.15) is 24.1 Å². The van der Waals surface area contributed by atoms with E-state index >= 15 is 0 Å². The predicted molar refractivity (Wildman–Crippen MR) is 79.8 cm³/mol. The molecule has 2 aromatic carbocycles. The number of nitrogens with two attached hydrogens (primary N) is 1. The summed E-state index contributed by atoms with van der Waals surface area (Å²) < 4.78 is 18.9. The zero-order valence-electron chi connectivity index (χ0n) is 10.9. The standard InChI is InChI=1S/C15H14Cl2FNO/c1-9(19)13-7-12(18)3-5-15(13)20-8-10-6-11(16)2-4-14(10)17/h2-7,9H,8,19H2,1H3. The van der Waals surface area contributed by atoms with Crippen molar-refractivity contribution in [2.75, 3.05) is 0 Å². The van der Waals surface area contributed by atoms with E-state index in [1.54, 1.807) is 31.2 Å². The van der Waals surface area contributed by atoms with E-state index in [0.29, 0.717) is 21.4 Å². The van der Waals surface area contributed by atoms with Crippen molar-refractivity contribution in [3.8, 4) is 5.75 Å². The number of halogens is 3. The van der Waals surface area contributed by atoms with Crippen LogP contribution in [0.3, 0.4) is 0 Å². The number of hydrogen-bond donors (Lipinski definition) is 1. The number of hydrogen-bond acceptors (Lipinski definition) is 2. The molecule has 0 fully saturated rings. The van der Waals surface area contributed by atoms with E-state index in [1.165, 1.54) is 12.1 Å². The van der Waals surface area contributed by atoms with Gasteiger partial charge >= 0.3 is 0 Å². The average molecular weight is 314 g/mol. The minimum atomic E-state index is -0.342. The third kappa shape index (κ3) is 3.63. The summed E-state index contributed by atoms with van der Waals surface area (Å²) in [7, 11) is 0. The molecule has 0 radical (unpaired) electrons. The molecule has 0 amide bonds. The van der Waals surface area contributed by atoms with Gasteiger partial charge in [0, 0.05) is 27.2 Å². The first kappa shape index (κ1) is 15.1. The van der Waals surface area contributed by atoms with Gasteiger partial charge in [0.15, 0.2) is 0 Å². The van der Waals surface area contributed by atoms with E-state index < -0.39 is 0 Å². The molecule has 0 aliphatic heterocycles. The summed E-state index contributed by atoms with van der Waals surface area (Å²) in [4.78, 5) is 0. The van der Waals surface area contributed by atoms with Crippen LogP contribution in [0, 0.1) is 5.82 Å². The zero-order chi connectivity index (χ0) is 14.7. The fourth-order valence-corrected chi connectivity index (χ4v) is 2.18. The fourth-order valence-electron chi connectivity index (χ4n) is 1.82. The Morgan fingerprint density at radius 2 is 1.95 bits per heavy atom. The van der Waals surface area contributed by atoms with Gasteiger partial charge in [0.05, 0.1) is 0 Å². The molecule has 0 aliphatic rings. The highest BCUT2D eigenvalue weighted by Crippen LogP contribution is 2.27. The summed E-state index contributed by atoms with van der Waals surface area (Å²) in [5, 5.41) is 1.15. The lowest BCUT2D eigenvalue weighted by Gasteiger charge is -2.14. The largest absolute Gasteiger partial charge is 0.489 e. The third-order valence-corrected chi connectivity index (χ3v) is 3.46. The molecule has 0 heterocycles. The van der Waals surface area contributed by atoms with Crippen molar-refractivity contribution in [2.24, 2.45) is 5.73 Å². The van der Waals surface area contributed by atoms with E-state index in [2.05, 4.69) is 0 Å². The van der Waals surface area contributed by atoms with E-state index in [-0.39, 0.29) is 18.5 Å². The highest BCUT2D eigenvalue weighted by atomic mass is 35.5. The summed E-state index contributed by atoms with van der Waals surface area (Å²) in [6.07, 6.45) is 0. The Bertz CT molecular complexity index is 617. The molecule has 0 aliphatic carbocycles. The molecule has 2 nitrogen and oxygen atoms in total. The summed E-state index contributed by atoms with van der Waals surface area (Å²) >= 11 is 12.0. The second kappa shape index (κ2) is 6.44. The molecule has 106 valence electrons. The smallest absolute Gasteiger partial charge is 0.124 e. The molecule has 5 heteroatoms. The van der Waals surface area contributed by atoms with Gasteiger partial charge in [0.2, 0.25) is 0 Å². The van der Waals surface area contributed by atoms with Gasteiger partial charge in [-0.05, 0) is 43.3 Å². The van der Waals surface area contributed by atoms with Crippen LogP contribution in [0.2, 0.25) is 10.0 Å². The first-order chi connectivity index (χ1) is 9.47. The van der Waals surface area contributed by atoms with Crippen LogP contribution >= 0.6 is 23.2 Å². The highest BCUT2D eigenvalue weighted by Gasteiger charge is 2.11. The van der Waals surface area contributed by atoms with Crippen LogP contribution in [-0.2, 0) is 6.61 Å². The number of ether oxygens (including phenoxy) is 1. The van der Waals surface area contributed by atoms with Gasteiger partial charge in [0.25, 0.3) is 0 Å². The molecule has 0 spiro atoms. The fraction of sp³-hybridized carbons (Fsp3) is 0.200. The molecule has 2 rings (SSSR count). The minimum Gasteiger partial charge on any atom is -0.489 e. The zero-order valence-corrected chi connectivity index (χ0v) is 12.4. The maximum absolute atomic E-state index is 13.2. The maximum atomic E-state index is 13.2. The van der Waals surface area contributed by atoms with Crippen molar-refractivity contribution in [2.45, 2.75) is 19.6 Å². The van der Waals surface area contributed by atoms with Gasteiger partial charge in [-0.15, -0.1) is 0 Å². The van der Waals surface area contributed by atoms with E-state index in [9.17, 15) is 4.39 Å². The number of benzene rings is 2. The molecule has 0 saturated carbocycles. The van der Waals surface area contributed by atoms with Crippen molar-refractivity contribution >= 4 is 23.2 Å². The van der Waals surface area contributed by atoms with Crippen LogP contribution in [0.25, 0.3) is 0 Å². The second-order valence-electron chi connectivity index (χ2n) is 4.50. The maximum Gasteiger partial charge on any atom is 0.124 e. The molecule has 20 heavy (non-hydrogen) atoms. The summed E-state index contributed by atoms with van der Waals surface area (Å²) in [5.74, 6) is 0.197. The topological polar surface area (TPSA) is 35.2 Å². The quantitative estimate of drug-likeness (QED) is 0.885. The third-order valence-electron chi connectivity index (χ3n) is 2.85. The van der Waals surface area contributed by atoms with E-state index in [0.717, 1.165) is 5.56 Å². The SMILES string of the molecule is CC(N)c1cc(F)ccc1OCc1cc(Cl)ccc1Cl. The van der Waals surface area contributed by atoms with Gasteiger partial charge in [-0.1, -0.05) is 23.2 Å². The Morgan fingerprint density at radius 1 is 1.20 bits per heavy atom. The van der Waals surface area contributed by atoms with Crippen molar-refractivity contribution < 1.29 is 9.13 Å². The predicted octanol–water partition coefficient (Wildman–Crippen LogP) is 4.73. The Labute approximate surface area is 127 Å². The lowest BCUT2D eigenvalue weighted by molar-refractivity contribution is 0.301. The van der Waals surface area contributed by atoms with Crippen LogP contribution in [0.5, 0.6) is 5.75 Å². The minimum absolute atomic E-state index is 0.241. The molecular weight excluding hydrogens is 300 g/mol. The lowest BCUT2D eigenvalue weighted by Crippen LogP contribution is -2.08. The van der Waals surface area contributed by atoms with Gasteiger partial charge in [-0.25, -0.2) is 4.39 Å². The molecule has 0 saturated heterocycles. The molecule has 2 N–H and O–H groups in total. The van der Waals surface area contributed by atoms with Crippen LogP contribution in [0.4, 0.5) is 4.39 Å². The molecule has 0 bridgehead atoms. The molecule has 1 atom stereocenters. The van der Waals surface area contributed by atoms with Gasteiger partial charge in [0.1, 0.15) is 18.2 Å². The molecule has 1 unspecified atom stereocenters. The van der Waals surface area contributed by atoms with Gasteiger partial charge in [-0.2, -0.15) is 0 Å². The lowest BCUT2D eigenvalue weighted by atomic mass is 10.1. The van der Waals surface area contributed by atoms with Gasteiger partial charge in [-0.3, -0.25) is 0 Å². The highest BCUT2D eigenvalue weighted by molar-refractivity contribution is 6.33. The number of rotatable bonds is 4. The Hall–Kier alpha value is -1.29. The first-order valence-corrected chi connectivity index (χ1v) is 6.84. The Morgan fingerprint density at radius 3 is 2.65 bits per heavy atom.